The molecule has 5 heterocycles. The van der Waals surface area contributed by atoms with Gasteiger partial charge in [-0.05, 0) is 38.1 Å². The summed E-state index contributed by atoms with van der Waals surface area (Å²) in [5.41, 5.74) is 1.45. The Balaban J connectivity index is 1.24. The van der Waals surface area contributed by atoms with Gasteiger partial charge in [0.1, 0.15) is 29.9 Å². The van der Waals surface area contributed by atoms with Gasteiger partial charge in [0, 0.05) is 19.1 Å². The predicted molar refractivity (Wildman–Crippen MR) is 108 cm³/mol. The fourth-order valence-electron chi connectivity index (χ4n) is 3.79. The molecule has 0 aromatic carbocycles. The maximum Gasteiger partial charge on any atom is 0.158 e. The van der Waals surface area contributed by atoms with Crippen LogP contribution in [0, 0.1) is 11.3 Å². The van der Waals surface area contributed by atoms with Crippen molar-refractivity contribution in [3.8, 4) is 11.9 Å². The van der Waals surface area contributed by atoms with E-state index in [1.165, 1.54) is 44.0 Å². The van der Waals surface area contributed by atoms with Crippen molar-refractivity contribution in [1.29, 1.82) is 5.26 Å². The van der Waals surface area contributed by atoms with Crippen LogP contribution in [0.3, 0.4) is 0 Å². The van der Waals surface area contributed by atoms with Crippen molar-refractivity contribution in [1.82, 2.24) is 29.4 Å². The third kappa shape index (κ3) is 3.62. The highest BCUT2D eigenvalue weighted by Crippen LogP contribution is 2.25. The summed E-state index contributed by atoms with van der Waals surface area (Å²) in [4.78, 5) is 22.1. The minimum absolute atomic E-state index is 0.277. The van der Waals surface area contributed by atoms with Gasteiger partial charge in [0.25, 0.3) is 0 Å². The number of hydrogen-bond acceptors (Lipinski definition) is 8. The second-order valence-electron chi connectivity index (χ2n) is 7.34. The van der Waals surface area contributed by atoms with Crippen LogP contribution in [0.4, 0.5) is 17.3 Å². The molecule has 9 nitrogen and oxygen atoms in total. The molecule has 3 aromatic heterocycles. The van der Waals surface area contributed by atoms with Crippen LogP contribution < -0.4 is 10.2 Å². The summed E-state index contributed by atoms with van der Waals surface area (Å²) in [6, 6.07) is 6.78. The fourth-order valence-corrected chi connectivity index (χ4v) is 3.79. The summed E-state index contributed by atoms with van der Waals surface area (Å²) in [6.07, 6.45) is 11.0. The molecule has 1 N–H and O–H groups in total. The number of likely N-dealkylation sites (tertiary alicyclic amines) is 1. The molecule has 146 valence electrons. The van der Waals surface area contributed by atoms with Crippen molar-refractivity contribution in [2.75, 3.05) is 36.4 Å². The molecule has 9 heteroatoms. The van der Waals surface area contributed by atoms with Crippen LogP contribution in [-0.2, 0) is 0 Å². The van der Waals surface area contributed by atoms with E-state index >= 15 is 0 Å². The molecule has 2 saturated heterocycles. The zero-order chi connectivity index (χ0) is 19.6. The van der Waals surface area contributed by atoms with Gasteiger partial charge in [0.05, 0.1) is 30.5 Å². The summed E-state index contributed by atoms with van der Waals surface area (Å²) >= 11 is 0. The Kier molecular flexibility index (Phi) is 4.54. The minimum Gasteiger partial charge on any atom is -0.369 e. The van der Waals surface area contributed by atoms with E-state index in [9.17, 15) is 0 Å². The van der Waals surface area contributed by atoms with Crippen molar-refractivity contribution >= 4 is 17.3 Å². The molecule has 1 atom stereocenters. The average Bonchev–Trinajstić information content (AvgIpc) is 3.38. The lowest BCUT2D eigenvalue weighted by atomic mass is 10.1. The van der Waals surface area contributed by atoms with E-state index in [2.05, 4.69) is 41.1 Å². The topological polar surface area (TPSA) is 98.8 Å². The van der Waals surface area contributed by atoms with Gasteiger partial charge in [-0.15, -0.1) is 0 Å². The van der Waals surface area contributed by atoms with Crippen LogP contribution in [0.1, 0.15) is 18.5 Å². The molecule has 0 saturated carbocycles. The van der Waals surface area contributed by atoms with Gasteiger partial charge in [-0.3, -0.25) is 9.47 Å². The second kappa shape index (κ2) is 7.48. The number of pyridine rings is 1. The van der Waals surface area contributed by atoms with Crippen molar-refractivity contribution in [3.05, 3.63) is 48.9 Å². The van der Waals surface area contributed by atoms with Crippen molar-refractivity contribution in [3.63, 3.8) is 0 Å². The van der Waals surface area contributed by atoms with Crippen LogP contribution in [-0.4, -0.2) is 61.6 Å². The summed E-state index contributed by atoms with van der Waals surface area (Å²) in [6.45, 7) is 4.68. The van der Waals surface area contributed by atoms with Crippen molar-refractivity contribution < 1.29 is 0 Å². The maximum absolute atomic E-state index is 8.79. The van der Waals surface area contributed by atoms with Gasteiger partial charge in [-0.2, -0.15) is 5.26 Å². The van der Waals surface area contributed by atoms with Crippen molar-refractivity contribution in [2.45, 2.75) is 18.9 Å². The van der Waals surface area contributed by atoms with Crippen LogP contribution in [0.2, 0.25) is 0 Å². The average molecular weight is 387 g/mol. The summed E-state index contributed by atoms with van der Waals surface area (Å²) in [7, 11) is 0. The molecular formula is C20H21N9. The molecule has 5 rings (SSSR count). The zero-order valence-corrected chi connectivity index (χ0v) is 15.9. The summed E-state index contributed by atoms with van der Waals surface area (Å²) < 4.78 is 1.86. The number of rotatable bonds is 5. The number of imidazole rings is 1. The van der Waals surface area contributed by atoms with Gasteiger partial charge >= 0.3 is 0 Å². The van der Waals surface area contributed by atoms with E-state index in [1.807, 2.05) is 29.1 Å². The van der Waals surface area contributed by atoms with Crippen LogP contribution >= 0.6 is 0 Å². The van der Waals surface area contributed by atoms with Crippen LogP contribution in [0.5, 0.6) is 0 Å². The number of anilines is 3. The molecule has 2 fully saturated rings. The Labute approximate surface area is 168 Å². The van der Waals surface area contributed by atoms with E-state index in [4.69, 9.17) is 5.26 Å². The van der Waals surface area contributed by atoms with E-state index < -0.39 is 0 Å². The first kappa shape index (κ1) is 17.6. The molecule has 3 aromatic rings. The molecule has 0 amide bonds. The number of nitriles is 1. The Bertz CT molecular complexity index is 1020. The van der Waals surface area contributed by atoms with E-state index in [0.29, 0.717) is 17.7 Å². The molecule has 0 bridgehead atoms. The van der Waals surface area contributed by atoms with Crippen LogP contribution in [0.15, 0.2) is 43.2 Å². The third-order valence-electron chi connectivity index (χ3n) is 5.54. The molecular weight excluding hydrogens is 366 g/mol. The lowest BCUT2D eigenvalue weighted by Crippen LogP contribution is -2.46. The van der Waals surface area contributed by atoms with E-state index in [0.717, 1.165) is 18.9 Å². The SMILES string of the molecule is N#Cc1cnc(Nc2cn(-c3ccc(N4CCC(N5CCC5)C4)cn3)cn2)cn1. The lowest BCUT2D eigenvalue weighted by molar-refractivity contribution is 0.129. The Morgan fingerprint density at radius 3 is 2.62 bits per heavy atom. The largest absolute Gasteiger partial charge is 0.369 e. The molecule has 0 radical (unpaired) electrons. The monoisotopic (exact) mass is 387 g/mol. The fraction of sp³-hybridized carbons (Fsp3) is 0.350. The molecule has 2 aliphatic rings. The van der Waals surface area contributed by atoms with Gasteiger partial charge in [-0.25, -0.2) is 19.9 Å². The van der Waals surface area contributed by atoms with Crippen molar-refractivity contribution in [2.24, 2.45) is 0 Å². The first-order chi connectivity index (χ1) is 14.3. The normalized spacial score (nSPS) is 19.0. The molecule has 0 spiro atoms. The lowest BCUT2D eigenvalue weighted by Gasteiger charge is -2.36. The number of aromatic nitrogens is 5. The molecule has 29 heavy (non-hydrogen) atoms. The van der Waals surface area contributed by atoms with E-state index in [1.54, 1.807) is 6.33 Å². The van der Waals surface area contributed by atoms with Gasteiger partial charge in [-0.1, -0.05) is 0 Å². The third-order valence-corrected chi connectivity index (χ3v) is 5.54. The molecule has 2 aliphatic heterocycles. The predicted octanol–water partition coefficient (Wildman–Crippen LogP) is 1.96. The highest BCUT2D eigenvalue weighted by atomic mass is 15.3. The number of nitrogens with zero attached hydrogens (tertiary/aromatic N) is 8. The quantitative estimate of drug-likeness (QED) is 0.709. The number of nitrogens with one attached hydrogen (secondary N) is 1. The van der Waals surface area contributed by atoms with E-state index in [-0.39, 0.29) is 5.69 Å². The molecule has 1 unspecified atom stereocenters. The van der Waals surface area contributed by atoms with Gasteiger partial charge < -0.3 is 10.2 Å². The highest BCUT2D eigenvalue weighted by molar-refractivity contribution is 5.51. The first-order valence-electron chi connectivity index (χ1n) is 9.77. The molecule has 0 aliphatic carbocycles. The second-order valence-corrected chi connectivity index (χ2v) is 7.34. The van der Waals surface area contributed by atoms with Gasteiger partial charge in [0.2, 0.25) is 0 Å². The Hall–Kier alpha value is -3.51. The Morgan fingerprint density at radius 2 is 1.93 bits per heavy atom. The smallest absolute Gasteiger partial charge is 0.158 e. The maximum atomic E-state index is 8.79. The first-order valence-corrected chi connectivity index (χ1v) is 9.77. The zero-order valence-electron chi connectivity index (χ0n) is 15.9. The number of hydrogen-bond donors (Lipinski definition) is 1. The Morgan fingerprint density at radius 1 is 1.00 bits per heavy atom. The van der Waals surface area contributed by atoms with Crippen LogP contribution in [0.25, 0.3) is 5.82 Å². The van der Waals surface area contributed by atoms with Gasteiger partial charge in [0.15, 0.2) is 5.69 Å². The minimum atomic E-state index is 0.277. The standard InChI is InChI=1S/C20H21N9/c21-8-15-9-23-18(11-22-15)26-19-13-29(14-25-19)20-3-2-16(10-24-20)28-7-4-17(12-28)27-5-1-6-27/h2-3,9-11,13-14,17H,1,4-7,12H2,(H,23,26). The highest BCUT2D eigenvalue weighted by Gasteiger charge is 2.30. The summed E-state index contributed by atoms with van der Waals surface area (Å²) in [5, 5.41) is 11.9. The summed E-state index contributed by atoms with van der Waals surface area (Å²) in [5.74, 6) is 1.97.